The van der Waals surface area contributed by atoms with Crippen molar-refractivity contribution in [3.8, 4) is 10.7 Å². The van der Waals surface area contributed by atoms with Gasteiger partial charge in [-0.05, 0) is 35.0 Å². The van der Waals surface area contributed by atoms with E-state index in [0.29, 0.717) is 21.8 Å². The number of thiazole rings is 2. The van der Waals surface area contributed by atoms with Crippen molar-refractivity contribution >= 4 is 65.7 Å². The van der Waals surface area contributed by atoms with Gasteiger partial charge < -0.3 is 4.42 Å². The van der Waals surface area contributed by atoms with Crippen molar-refractivity contribution < 1.29 is 9.21 Å². The zero-order chi connectivity index (χ0) is 21.7. The van der Waals surface area contributed by atoms with Gasteiger partial charge in [0.1, 0.15) is 21.8 Å². The van der Waals surface area contributed by atoms with Gasteiger partial charge in [0.2, 0.25) is 0 Å². The summed E-state index contributed by atoms with van der Waals surface area (Å²) in [5.41, 5.74) is 1.28. The third-order valence-electron chi connectivity index (χ3n) is 5.12. The highest BCUT2D eigenvalue weighted by Crippen LogP contribution is 2.32. The van der Waals surface area contributed by atoms with E-state index in [0.717, 1.165) is 26.0 Å². The number of nitrogens with zero attached hydrogens (tertiary/aromatic N) is 2. The monoisotopic (exact) mass is 455 g/mol. The van der Waals surface area contributed by atoms with Gasteiger partial charge in [0, 0.05) is 10.8 Å². The second-order valence-corrected chi connectivity index (χ2v) is 9.01. The first-order valence-corrected chi connectivity index (χ1v) is 11.4. The molecule has 0 unspecified atom stereocenters. The average molecular weight is 456 g/mol. The van der Waals surface area contributed by atoms with Gasteiger partial charge in [0.05, 0.1) is 10.2 Å². The van der Waals surface area contributed by atoms with Crippen molar-refractivity contribution in [3.63, 3.8) is 0 Å². The highest BCUT2D eigenvalue weighted by atomic mass is 32.1. The van der Waals surface area contributed by atoms with Crippen LogP contribution in [0.3, 0.4) is 0 Å². The second kappa shape index (κ2) is 7.37. The zero-order valence-corrected chi connectivity index (χ0v) is 18.0. The van der Waals surface area contributed by atoms with Crippen molar-refractivity contribution in [3.05, 3.63) is 88.1 Å². The van der Waals surface area contributed by atoms with Gasteiger partial charge >= 0.3 is 5.63 Å². The molecular formula is C24H13N3O3S2. The van der Waals surface area contributed by atoms with Crippen LogP contribution in [-0.2, 0) is 0 Å². The molecule has 0 atom stereocenters. The Hall–Kier alpha value is -3.88. The van der Waals surface area contributed by atoms with Crippen molar-refractivity contribution in [2.24, 2.45) is 0 Å². The maximum absolute atomic E-state index is 12.9. The fraction of sp³-hybridized carbons (Fsp3) is 0. The molecule has 3 aromatic heterocycles. The lowest BCUT2D eigenvalue weighted by Gasteiger charge is -2.05. The molecule has 3 aromatic carbocycles. The molecule has 6 aromatic rings. The van der Waals surface area contributed by atoms with Crippen LogP contribution in [0.4, 0.5) is 5.13 Å². The Bertz CT molecular complexity index is 1680. The van der Waals surface area contributed by atoms with Crippen LogP contribution < -0.4 is 10.9 Å². The fourth-order valence-electron chi connectivity index (χ4n) is 3.61. The lowest BCUT2D eigenvalue weighted by atomic mass is 10.0. The molecule has 8 heteroatoms. The highest BCUT2D eigenvalue weighted by Gasteiger charge is 2.17. The molecule has 0 bridgehead atoms. The Morgan fingerprint density at radius 1 is 0.938 bits per heavy atom. The van der Waals surface area contributed by atoms with Crippen LogP contribution in [-0.4, -0.2) is 15.9 Å². The first kappa shape index (κ1) is 18.9. The molecule has 1 amide bonds. The fourth-order valence-corrected chi connectivity index (χ4v) is 5.30. The maximum Gasteiger partial charge on any atom is 0.349 e. The van der Waals surface area contributed by atoms with Gasteiger partial charge in [0.15, 0.2) is 5.13 Å². The zero-order valence-electron chi connectivity index (χ0n) is 16.4. The van der Waals surface area contributed by atoms with Gasteiger partial charge in [-0.3, -0.25) is 10.1 Å². The summed E-state index contributed by atoms with van der Waals surface area (Å²) in [4.78, 5) is 34.4. The van der Waals surface area contributed by atoms with Crippen LogP contribution in [0.25, 0.3) is 42.7 Å². The summed E-state index contributed by atoms with van der Waals surface area (Å²) in [7, 11) is 0. The summed E-state index contributed by atoms with van der Waals surface area (Å²) in [6.07, 6.45) is 0. The summed E-state index contributed by atoms with van der Waals surface area (Å²) in [5.74, 6) is -0.557. The molecule has 0 spiro atoms. The maximum atomic E-state index is 12.9. The molecule has 0 saturated carbocycles. The number of carbonyl (C=O) groups excluding carboxylic acids is 1. The van der Waals surface area contributed by atoms with Crippen LogP contribution >= 0.6 is 22.7 Å². The predicted molar refractivity (Wildman–Crippen MR) is 129 cm³/mol. The van der Waals surface area contributed by atoms with Crippen molar-refractivity contribution in [2.45, 2.75) is 0 Å². The van der Waals surface area contributed by atoms with Gasteiger partial charge in [-0.15, -0.1) is 22.7 Å². The quantitative estimate of drug-likeness (QED) is 0.264. The van der Waals surface area contributed by atoms with E-state index in [-0.39, 0.29) is 5.56 Å². The highest BCUT2D eigenvalue weighted by molar-refractivity contribution is 7.22. The summed E-state index contributed by atoms with van der Waals surface area (Å²) >= 11 is 2.82. The summed E-state index contributed by atoms with van der Waals surface area (Å²) in [6.45, 7) is 0. The van der Waals surface area contributed by atoms with Gasteiger partial charge in [-0.2, -0.15) is 0 Å². The van der Waals surface area contributed by atoms with Crippen molar-refractivity contribution in [2.75, 3.05) is 5.32 Å². The largest absolute Gasteiger partial charge is 0.422 e. The molecule has 0 aliphatic rings. The number of nitrogens with one attached hydrogen (secondary N) is 1. The van der Waals surface area contributed by atoms with E-state index in [1.807, 2.05) is 60.0 Å². The minimum Gasteiger partial charge on any atom is -0.422 e. The summed E-state index contributed by atoms with van der Waals surface area (Å²) in [6, 6.07) is 20.8. The number of aromatic nitrogens is 2. The molecule has 0 aliphatic carbocycles. The number of para-hydroxylation sites is 1. The molecule has 32 heavy (non-hydrogen) atoms. The SMILES string of the molecule is O=C(Nc1nc(-c2nc3ccccc3s2)cs1)c1cc2c(ccc3ccccc32)oc1=O. The standard InChI is InChI=1S/C24H13N3O3S2/c28-21(16-11-15-14-6-2-1-5-13(14)9-10-19(15)30-23(16)29)27-24-26-18(12-31-24)22-25-17-7-3-4-8-20(17)32-22/h1-12H,(H,26,27,28). The third kappa shape index (κ3) is 3.17. The first-order valence-electron chi connectivity index (χ1n) is 9.74. The van der Waals surface area contributed by atoms with E-state index < -0.39 is 11.5 Å². The predicted octanol–water partition coefficient (Wildman–Crippen LogP) is 5.93. The molecule has 0 fully saturated rings. The smallest absolute Gasteiger partial charge is 0.349 e. The second-order valence-electron chi connectivity index (χ2n) is 7.12. The van der Waals surface area contributed by atoms with E-state index in [4.69, 9.17) is 4.42 Å². The lowest BCUT2D eigenvalue weighted by molar-refractivity contribution is 0.102. The molecule has 0 aliphatic heterocycles. The summed E-state index contributed by atoms with van der Waals surface area (Å²) < 4.78 is 6.50. The molecular weight excluding hydrogens is 442 g/mol. The Kier molecular flexibility index (Phi) is 4.34. The van der Waals surface area contributed by atoms with Crippen LogP contribution in [0, 0.1) is 0 Å². The molecule has 0 radical (unpaired) electrons. The molecule has 3 heterocycles. The number of anilines is 1. The lowest BCUT2D eigenvalue weighted by Crippen LogP contribution is -2.20. The van der Waals surface area contributed by atoms with Gasteiger partial charge in [-0.25, -0.2) is 14.8 Å². The summed E-state index contributed by atoms with van der Waals surface area (Å²) in [5, 5.41) is 8.35. The van der Waals surface area contributed by atoms with Crippen molar-refractivity contribution in [1.29, 1.82) is 0 Å². The van der Waals surface area contributed by atoms with Crippen LogP contribution in [0.2, 0.25) is 0 Å². The number of hydrogen-bond donors (Lipinski definition) is 1. The van der Waals surface area contributed by atoms with Crippen LogP contribution in [0.1, 0.15) is 10.4 Å². The van der Waals surface area contributed by atoms with E-state index >= 15 is 0 Å². The Labute approximate surface area is 188 Å². The molecule has 154 valence electrons. The Morgan fingerprint density at radius 2 is 1.78 bits per heavy atom. The normalized spacial score (nSPS) is 11.4. The molecule has 0 saturated heterocycles. The number of amides is 1. The number of carbonyl (C=O) groups is 1. The average Bonchev–Trinajstić information content (AvgIpc) is 3.45. The minimum atomic E-state index is -0.687. The number of benzene rings is 3. The first-order chi connectivity index (χ1) is 15.7. The number of hydrogen-bond acceptors (Lipinski definition) is 7. The Balaban J connectivity index is 1.34. The third-order valence-corrected chi connectivity index (χ3v) is 6.94. The van der Waals surface area contributed by atoms with E-state index in [2.05, 4.69) is 15.3 Å². The van der Waals surface area contributed by atoms with E-state index in [1.165, 1.54) is 22.7 Å². The molecule has 6 nitrogen and oxygen atoms in total. The Morgan fingerprint density at radius 3 is 2.69 bits per heavy atom. The molecule has 1 N–H and O–H groups in total. The van der Waals surface area contributed by atoms with Crippen LogP contribution in [0.15, 0.2) is 81.3 Å². The van der Waals surface area contributed by atoms with Gasteiger partial charge in [-0.1, -0.05) is 42.5 Å². The van der Waals surface area contributed by atoms with E-state index in [1.54, 1.807) is 12.1 Å². The molecule has 6 rings (SSSR count). The topological polar surface area (TPSA) is 85.1 Å². The van der Waals surface area contributed by atoms with Crippen molar-refractivity contribution in [1.82, 2.24) is 9.97 Å². The van der Waals surface area contributed by atoms with Gasteiger partial charge in [0.25, 0.3) is 5.91 Å². The minimum absolute atomic E-state index is 0.0643. The number of rotatable bonds is 3. The number of fused-ring (bicyclic) bond motifs is 4. The van der Waals surface area contributed by atoms with E-state index in [9.17, 15) is 9.59 Å². The van der Waals surface area contributed by atoms with Crippen LogP contribution in [0.5, 0.6) is 0 Å².